The van der Waals surface area contributed by atoms with Gasteiger partial charge in [-0.25, -0.2) is 4.79 Å². The normalized spacial score (nSPS) is 16.0. The van der Waals surface area contributed by atoms with Gasteiger partial charge in [-0.05, 0) is 49.3 Å². The van der Waals surface area contributed by atoms with E-state index in [9.17, 15) is 4.79 Å². The number of hydrogen-bond donors (Lipinski definition) is 0. The number of carbonyl (C=O) groups is 1. The predicted molar refractivity (Wildman–Crippen MR) is 111 cm³/mol. The van der Waals surface area contributed by atoms with Gasteiger partial charge in [-0.3, -0.25) is 9.80 Å². The Bertz CT molecular complexity index is 806. The summed E-state index contributed by atoms with van der Waals surface area (Å²) in [6.07, 6.45) is 1.08. The highest BCUT2D eigenvalue weighted by Crippen LogP contribution is 2.24. The molecule has 0 bridgehead atoms. The second-order valence-electron chi connectivity index (χ2n) is 7.33. The Morgan fingerprint density at radius 3 is 2.46 bits per heavy atom. The SMILES string of the molecule is COC(=O)c1ccc(CN2CCCN(Cc3ccc(N(C)C)cc3Cl)CC2)o1. The lowest BCUT2D eigenvalue weighted by atomic mass is 10.2. The number of nitrogens with zero attached hydrogens (tertiary/aromatic N) is 3. The zero-order valence-corrected chi connectivity index (χ0v) is 17.5. The molecule has 0 aliphatic carbocycles. The van der Waals surface area contributed by atoms with Crippen LogP contribution in [-0.2, 0) is 17.8 Å². The minimum absolute atomic E-state index is 0.254. The highest BCUT2D eigenvalue weighted by molar-refractivity contribution is 6.31. The number of halogens is 1. The van der Waals surface area contributed by atoms with E-state index in [1.54, 1.807) is 6.07 Å². The minimum Gasteiger partial charge on any atom is -0.463 e. The van der Waals surface area contributed by atoms with Crippen molar-refractivity contribution in [3.63, 3.8) is 0 Å². The van der Waals surface area contributed by atoms with Gasteiger partial charge in [-0.2, -0.15) is 0 Å². The van der Waals surface area contributed by atoms with E-state index in [1.807, 2.05) is 26.2 Å². The van der Waals surface area contributed by atoms with Crippen LogP contribution >= 0.6 is 11.6 Å². The molecule has 1 aliphatic heterocycles. The zero-order chi connectivity index (χ0) is 20.1. The second kappa shape index (κ2) is 9.45. The molecule has 0 radical (unpaired) electrons. The highest BCUT2D eigenvalue weighted by Gasteiger charge is 2.18. The molecule has 0 spiro atoms. The van der Waals surface area contributed by atoms with Gasteiger partial charge >= 0.3 is 5.97 Å². The van der Waals surface area contributed by atoms with Crippen molar-refractivity contribution in [1.29, 1.82) is 0 Å². The number of benzene rings is 1. The number of methoxy groups -OCH3 is 1. The van der Waals surface area contributed by atoms with Crippen LogP contribution < -0.4 is 4.90 Å². The first-order valence-electron chi connectivity index (χ1n) is 9.53. The lowest BCUT2D eigenvalue weighted by Gasteiger charge is -2.22. The topological polar surface area (TPSA) is 49.2 Å². The van der Waals surface area contributed by atoms with Crippen molar-refractivity contribution in [3.05, 3.63) is 52.4 Å². The largest absolute Gasteiger partial charge is 0.463 e. The number of rotatable bonds is 6. The van der Waals surface area contributed by atoms with E-state index in [0.29, 0.717) is 6.54 Å². The summed E-state index contributed by atoms with van der Waals surface area (Å²) in [6, 6.07) is 9.78. The molecular weight excluding hydrogens is 378 g/mol. The van der Waals surface area contributed by atoms with Gasteiger partial charge < -0.3 is 14.1 Å². The van der Waals surface area contributed by atoms with Crippen molar-refractivity contribution < 1.29 is 13.9 Å². The fraction of sp³-hybridized carbons (Fsp3) is 0.476. The van der Waals surface area contributed by atoms with Gasteiger partial charge in [-0.1, -0.05) is 17.7 Å². The second-order valence-corrected chi connectivity index (χ2v) is 7.74. The van der Waals surface area contributed by atoms with Gasteiger partial charge in [-0.15, -0.1) is 0 Å². The number of furan rings is 1. The monoisotopic (exact) mass is 405 g/mol. The van der Waals surface area contributed by atoms with Gasteiger partial charge in [0.25, 0.3) is 0 Å². The first-order valence-corrected chi connectivity index (χ1v) is 9.91. The van der Waals surface area contributed by atoms with Gasteiger partial charge in [0.1, 0.15) is 5.76 Å². The fourth-order valence-electron chi connectivity index (χ4n) is 3.42. The van der Waals surface area contributed by atoms with Crippen LogP contribution in [-0.4, -0.2) is 63.2 Å². The highest BCUT2D eigenvalue weighted by atomic mass is 35.5. The van der Waals surface area contributed by atoms with Crippen LogP contribution in [0.25, 0.3) is 0 Å². The van der Waals surface area contributed by atoms with E-state index in [1.165, 1.54) is 7.11 Å². The van der Waals surface area contributed by atoms with E-state index >= 15 is 0 Å². The Labute approximate surface area is 171 Å². The van der Waals surface area contributed by atoms with Crippen molar-refractivity contribution in [2.24, 2.45) is 0 Å². The molecule has 0 atom stereocenters. The Morgan fingerprint density at radius 2 is 1.82 bits per heavy atom. The Morgan fingerprint density at radius 1 is 1.11 bits per heavy atom. The summed E-state index contributed by atoms with van der Waals surface area (Å²) in [7, 11) is 5.39. The third kappa shape index (κ3) is 5.28. The van der Waals surface area contributed by atoms with E-state index < -0.39 is 5.97 Å². The summed E-state index contributed by atoms with van der Waals surface area (Å²) in [5.74, 6) is 0.603. The molecular formula is C21H28ClN3O3. The maximum atomic E-state index is 11.5. The Kier molecular flexibility index (Phi) is 6.99. The summed E-state index contributed by atoms with van der Waals surface area (Å²) in [5.41, 5.74) is 2.27. The number of ether oxygens (including phenoxy) is 1. The van der Waals surface area contributed by atoms with Crippen molar-refractivity contribution in [2.45, 2.75) is 19.5 Å². The molecule has 3 rings (SSSR count). The molecule has 152 valence electrons. The minimum atomic E-state index is -0.439. The fourth-order valence-corrected chi connectivity index (χ4v) is 3.65. The summed E-state index contributed by atoms with van der Waals surface area (Å²) in [5, 5.41) is 0.818. The molecule has 1 aliphatic rings. The number of esters is 1. The standard InChI is InChI=1S/C21H28ClN3O3/c1-23(2)17-6-5-16(19(22)13-17)14-24-9-4-10-25(12-11-24)15-18-7-8-20(28-18)21(26)27-3/h5-8,13H,4,9-12,14-15H2,1-3H3. The lowest BCUT2D eigenvalue weighted by molar-refractivity contribution is 0.0561. The van der Waals surface area contributed by atoms with Gasteiger partial charge in [0, 0.05) is 44.4 Å². The molecule has 28 heavy (non-hydrogen) atoms. The molecule has 1 aromatic heterocycles. The Hall–Kier alpha value is -2.02. The third-order valence-electron chi connectivity index (χ3n) is 5.06. The number of anilines is 1. The van der Waals surface area contributed by atoms with Gasteiger partial charge in [0.05, 0.1) is 13.7 Å². The van der Waals surface area contributed by atoms with E-state index in [2.05, 4.69) is 26.8 Å². The molecule has 0 amide bonds. The average Bonchev–Trinajstić information content (AvgIpc) is 3.03. The van der Waals surface area contributed by atoms with Gasteiger partial charge in [0.2, 0.25) is 5.76 Å². The Balaban J connectivity index is 1.55. The molecule has 0 saturated carbocycles. The summed E-state index contributed by atoms with van der Waals surface area (Å²) in [4.78, 5) is 18.4. The van der Waals surface area contributed by atoms with E-state index in [4.69, 9.17) is 20.8 Å². The van der Waals surface area contributed by atoms with Crippen LogP contribution in [0, 0.1) is 0 Å². The van der Waals surface area contributed by atoms with Crippen molar-refractivity contribution in [3.8, 4) is 0 Å². The smallest absolute Gasteiger partial charge is 0.373 e. The average molecular weight is 406 g/mol. The lowest BCUT2D eigenvalue weighted by Crippen LogP contribution is -2.30. The van der Waals surface area contributed by atoms with Crippen LogP contribution in [0.4, 0.5) is 5.69 Å². The van der Waals surface area contributed by atoms with Crippen molar-refractivity contribution >= 4 is 23.3 Å². The maximum absolute atomic E-state index is 11.5. The molecule has 1 fully saturated rings. The molecule has 6 nitrogen and oxygen atoms in total. The summed E-state index contributed by atoms with van der Waals surface area (Å²) in [6.45, 7) is 5.50. The molecule has 0 unspecified atom stereocenters. The van der Waals surface area contributed by atoms with E-state index in [-0.39, 0.29) is 5.76 Å². The van der Waals surface area contributed by atoms with Crippen molar-refractivity contribution in [2.75, 3.05) is 52.3 Å². The van der Waals surface area contributed by atoms with Crippen LogP contribution in [0.1, 0.15) is 28.3 Å². The van der Waals surface area contributed by atoms with Crippen LogP contribution in [0.3, 0.4) is 0 Å². The summed E-state index contributed by atoms with van der Waals surface area (Å²) >= 11 is 6.50. The first kappa shape index (κ1) is 20.7. The molecule has 1 saturated heterocycles. The van der Waals surface area contributed by atoms with E-state index in [0.717, 1.165) is 61.2 Å². The van der Waals surface area contributed by atoms with Crippen LogP contribution in [0.15, 0.2) is 34.7 Å². The molecule has 7 heteroatoms. The van der Waals surface area contributed by atoms with Gasteiger partial charge in [0.15, 0.2) is 0 Å². The molecule has 2 heterocycles. The predicted octanol–water partition coefficient (Wildman–Crippen LogP) is 3.49. The first-order chi connectivity index (χ1) is 13.5. The maximum Gasteiger partial charge on any atom is 0.373 e. The summed E-state index contributed by atoms with van der Waals surface area (Å²) < 4.78 is 10.3. The molecule has 1 aromatic carbocycles. The molecule has 2 aromatic rings. The quantitative estimate of drug-likeness (QED) is 0.685. The van der Waals surface area contributed by atoms with Crippen molar-refractivity contribution in [1.82, 2.24) is 9.80 Å². The number of carbonyl (C=O) groups excluding carboxylic acids is 1. The van der Waals surface area contributed by atoms with Crippen LogP contribution in [0.2, 0.25) is 5.02 Å². The van der Waals surface area contributed by atoms with Crippen LogP contribution in [0.5, 0.6) is 0 Å². The molecule has 0 N–H and O–H groups in total. The number of hydrogen-bond acceptors (Lipinski definition) is 6. The third-order valence-corrected chi connectivity index (χ3v) is 5.41. The zero-order valence-electron chi connectivity index (χ0n) is 16.8.